The highest BCUT2D eigenvalue weighted by molar-refractivity contribution is 5.94. The zero-order valence-electron chi connectivity index (χ0n) is 16.0. The van der Waals surface area contributed by atoms with Crippen LogP contribution in [0.15, 0.2) is 36.5 Å². The van der Waals surface area contributed by atoms with E-state index in [0.717, 1.165) is 25.3 Å². The van der Waals surface area contributed by atoms with Gasteiger partial charge in [0.15, 0.2) is 0 Å². The Hall–Kier alpha value is -2.34. The minimum absolute atomic E-state index is 0.0622. The van der Waals surface area contributed by atoms with Crippen LogP contribution < -0.4 is 4.74 Å². The van der Waals surface area contributed by atoms with Crippen LogP contribution in [0.4, 0.5) is 0 Å². The Morgan fingerprint density at radius 1 is 1.19 bits per heavy atom. The van der Waals surface area contributed by atoms with E-state index in [2.05, 4.69) is 14.7 Å². The zero-order chi connectivity index (χ0) is 18.6. The molecule has 1 atom stereocenters. The summed E-state index contributed by atoms with van der Waals surface area (Å²) in [7, 11) is 1.63. The van der Waals surface area contributed by atoms with Crippen molar-refractivity contribution in [2.24, 2.45) is 5.92 Å². The van der Waals surface area contributed by atoms with Crippen molar-refractivity contribution in [3.63, 3.8) is 0 Å². The van der Waals surface area contributed by atoms with Gasteiger partial charge in [-0.15, -0.1) is 0 Å². The van der Waals surface area contributed by atoms with Crippen LogP contribution in [0, 0.1) is 5.92 Å². The first-order valence-corrected chi connectivity index (χ1v) is 9.89. The van der Waals surface area contributed by atoms with Crippen molar-refractivity contribution in [2.45, 2.75) is 32.4 Å². The molecule has 0 saturated carbocycles. The first kappa shape index (κ1) is 18.0. The molecule has 1 fully saturated rings. The number of hydrogen-bond donors (Lipinski definition) is 0. The first-order chi connectivity index (χ1) is 13.2. The van der Waals surface area contributed by atoms with E-state index >= 15 is 0 Å². The Labute approximate surface area is 160 Å². The molecule has 1 saturated heterocycles. The second-order valence-electron chi connectivity index (χ2n) is 7.65. The second kappa shape index (κ2) is 8.13. The van der Waals surface area contributed by atoms with E-state index in [0.29, 0.717) is 23.8 Å². The number of nitrogens with zero attached hydrogens (tertiary/aromatic N) is 4. The Morgan fingerprint density at radius 2 is 2.04 bits per heavy atom. The highest BCUT2D eigenvalue weighted by Crippen LogP contribution is 2.22. The van der Waals surface area contributed by atoms with Gasteiger partial charge in [0.2, 0.25) is 0 Å². The Kier molecular flexibility index (Phi) is 5.43. The quantitative estimate of drug-likeness (QED) is 0.833. The summed E-state index contributed by atoms with van der Waals surface area (Å²) in [6.07, 6.45) is 5.75. The largest absolute Gasteiger partial charge is 0.497 e. The third-order valence-corrected chi connectivity index (χ3v) is 5.64. The van der Waals surface area contributed by atoms with Gasteiger partial charge in [-0.05, 0) is 50.2 Å². The topological polar surface area (TPSA) is 50.6 Å². The molecule has 4 rings (SSSR count). The number of hydrogen-bond acceptors (Lipinski definition) is 4. The number of benzene rings is 1. The number of ether oxygens (including phenoxy) is 1. The molecule has 0 aliphatic carbocycles. The van der Waals surface area contributed by atoms with Crippen LogP contribution in [0.2, 0.25) is 0 Å². The van der Waals surface area contributed by atoms with Gasteiger partial charge in [0.25, 0.3) is 5.91 Å². The van der Waals surface area contributed by atoms with E-state index in [1.165, 1.54) is 32.4 Å². The highest BCUT2D eigenvalue weighted by Gasteiger charge is 2.28. The van der Waals surface area contributed by atoms with Crippen molar-refractivity contribution in [1.29, 1.82) is 0 Å². The maximum Gasteiger partial charge on any atom is 0.254 e. The zero-order valence-corrected chi connectivity index (χ0v) is 16.0. The fourth-order valence-corrected chi connectivity index (χ4v) is 4.25. The molecule has 0 N–H and O–H groups in total. The Bertz CT molecular complexity index is 782. The predicted molar refractivity (Wildman–Crippen MR) is 104 cm³/mol. The standard InChI is InChI=1S/C21H28N4O2/c1-27-20-7-5-6-18(12-20)21(26)24-14-17(13-23-10-3-2-4-11-23)15-25-19(16-24)8-9-22-25/h5-9,12,17H,2-4,10-11,13-16H2,1H3. The van der Waals surface area contributed by atoms with Crippen molar-refractivity contribution in [1.82, 2.24) is 19.6 Å². The normalized spacial score (nSPS) is 20.8. The summed E-state index contributed by atoms with van der Waals surface area (Å²) in [5, 5.41) is 4.49. The number of aromatic nitrogens is 2. The lowest BCUT2D eigenvalue weighted by Gasteiger charge is -2.31. The molecule has 0 radical (unpaired) electrons. The Balaban J connectivity index is 1.54. The molecule has 27 heavy (non-hydrogen) atoms. The van der Waals surface area contributed by atoms with Crippen molar-refractivity contribution in [3.8, 4) is 5.75 Å². The summed E-state index contributed by atoms with van der Waals surface area (Å²) in [4.78, 5) is 17.7. The monoisotopic (exact) mass is 368 g/mol. The number of likely N-dealkylation sites (tertiary alicyclic amines) is 1. The van der Waals surface area contributed by atoms with Gasteiger partial charge in [-0.25, -0.2) is 0 Å². The molecule has 1 aromatic carbocycles. The highest BCUT2D eigenvalue weighted by atomic mass is 16.5. The lowest BCUT2D eigenvalue weighted by atomic mass is 10.0. The lowest BCUT2D eigenvalue weighted by molar-refractivity contribution is 0.0699. The van der Waals surface area contributed by atoms with Gasteiger partial charge in [0.1, 0.15) is 5.75 Å². The van der Waals surface area contributed by atoms with Crippen LogP contribution in [-0.2, 0) is 13.1 Å². The number of piperidine rings is 1. The van der Waals surface area contributed by atoms with E-state index in [1.54, 1.807) is 7.11 Å². The molecule has 2 aliphatic heterocycles. The molecule has 2 aromatic rings. The molecule has 1 unspecified atom stereocenters. The van der Waals surface area contributed by atoms with E-state index < -0.39 is 0 Å². The number of carbonyl (C=O) groups is 1. The molecule has 2 aliphatic rings. The molecule has 6 nitrogen and oxygen atoms in total. The van der Waals surface area contributed by atoms with Gasteiger partial charge in [0.05, 0.1) is 19.3 Å². The molecule has 6 heteroatoms. The fraction of sp³-hybridized carbons (Fsp3) is 0.524. The Morgan fingerprint density at radius 3 is 2.85 bits per heavy atom. The van der Waals surface area contributed by atoms with Crippen LogP contribution in [0.1, 0.15) is 35.3 Å². The number of methoxy groups -OCH3 is 1. The van der Waals surface area contributed by atoms with Crippen molar-refractivity contribution < 1.29 is 9.53 Å². The lowest BCUT2D eigenvalue weighted by Crippen LogP contribution is -2.40. The van der Waals surface area contributed by atoms with Crippen molar-refractivity contribution in [3.05, 3.63) is 47.8 Å². The number of rotatable bonds is 4. The minimum atomic E-state index is 0.0622. The average molecular weight is 368 g/mol. The van der Waals surface area contributed by atoms with Crippen LogP contribution in [0.5, 0.6) is 5.75 Å². The van der Waals surface area contributed by atoms with Gasteiger partial charge >= 0.3 is 0 Å². The molecule has 0 spiro atoms. The summed E-state index contributed by atoms with van der Waals surface area (Å²) in [5.74, 6) is 1.16. The third kappa shape index (κ3) is 4.16. The van der Waals surface area contributed by atoms with Crippen molar-refractivity contribution >= 4 is 5.91 Å². The van der Waals surface area contributed by atoms with Crippen LogP contribution in [0.25, 0.3) is 0 Å². The smallest absolute Gasteiger partial charge is 0.254 e. The van der Waals surface area contributed by atoms with Gasteiger partial charge in [0, 0.05) is 37.3 Å². The van der Waals surface area contributed by atoms with E-state index in [1.807, 2.05) is 41.4 Å². The summed E-state index contributed by atoms with van der Waals surface area (Å²) in [6, 6.07) is 9.46. The van der Waals surface area contributed by atoms with E-state index in [-0.39, 0.29) is 5.91 Å². The SMILES string of the molecule is COc1cccc(C(=O)N2Cc3ccnn3CC(CN3CCCCC3)C2)c1. The molecule has 1 aromatic heterocycles. The molecular formula is C21H28N4O2. The van der Waals surface area contributed by atoms with E-state index in [9.17, 15) is 4.79 Å². The van der Waals surface area contributed by atoms with Crippen LogP contribution in [0.3, 0.4) is 0 Å². The third-order valence-electron chi connectivity index (χ3n) is 5.64. The molecule has 3 heterocycles. The van der Waals surface area contributed by atoms with Crippen LogP contribution >= 0.6 is 0 Å². The maximum absolute atomic E-state index is 13.2. The second-order valence-corrected chi connectivity index (χ2v) is 7.65. The number of fused-ring (bicyclic) bond motifs is 1. The van der Waals surface area contributed by atoms with Gasteiger partial charge in [-0.1, -0.05) is 12.5 Å². The summed E-state index contributed by atoms with van der Waals surface area (Å²) in [6.45, 7) is 5.61. The molecule has 0 bridgehead atoms. The maximum atomic E-state index is 13.2. The number of amides is 1. The van der Waals surface area contributed by atoms with E-state index in [4.69, 9.17) is 4.74 Å². The predicted octanol–water partition coefficient (Wildman–Crippen LogP) is 2.65. The summed E-state index contributed by atoms with van der Waals surface area (Å²) < 4.78 is 7.37. The molecule has 1 amide bonds. The summed E-state index contributed by atoms with van der Waals surface area (Å²) in [5.41, 5.74) is 1.78. The minimum Gasteiger partial charge on any atom is -0.497 e. The molecular weight excluding hydrogens is 340 g/mol. The van der Waals surface area contributed by atoms with Gasteiger partial charge < -0.3 is 14.5 Å². The van der Waals surface area contributed by atoms with Crippen LogP contribution in [-0.4, -0.2) is 58.8 Å². The average Bonchev–Trinajstić information content (AvgIpc) is 3.06. The van der Waals surface area contributed by atoms with Gasteiger partial charge in [-0.2, -0.15) is 5.10 Å². The van der Waals surface area contributed by atoms with Crippen molar-refractivity contribution in [2.75, 3.05) is 33.3 Å². The first-order valence-electron chi connectivity index (χ1n) is 9.89. The summed E-state index contributed by atoms with van der Waals surface area (Å²) >= 11 is 0. The van der Waals surface area contributed by atoms with Gasteiger partial charge in [-0.3, -0.25) is 9.48 Å². The fourth-order valence-electron chi connectivity index (χ4n) is 4.25. The molecule has 144 valence electrons. The number of carbonyl (C=O) groups excluding carboxylic acids is 1.